The van der Waals surface area contributed by atoms with Crippen molar-refractivity contribution in [2.24, 2.45) is 11.7 Å². The minimum Gasteiger partial charge on any atom is -0.348 e. The van der Waals surface area contributed by atoms with Gasteiger partial charge < -0.3 is 11.1 Å². The van der Waals surface area contributed by atoms with Crippen LogP contribution in [0.15, 0.2) is 24.3 Å². The Kier molecular flexibility index (Phi) is 5.37. The maximum absolute atomic E-state index is 12.3. The van der Waals surface area contributed by atoms with E-state index in [1.54, 1.807) is 0 Å². The number of nitrogens with one attached hydrogen (secondary N) is 1. The summed E-state index contributed by atoms with van der Waals surface area (Å²) >= 11 is 0. The first-order valence-corrected chi connectivity index (χ1v) is 7.80. The minimum absolute atomic E-state index is 0.0434. The fourth-order valence-electron chi connectivity index (χ4n) is 3.23. The highest BCUT2D eigenvalue weighted by atomic mass is 16.2. The van der Waals surface area contributed by atoms with Crippen molar-refractivity contribution in [1.82, 2.24) is 10.2 Å². The van der Waals surface area contributed by atoms with Crippen molar-refractivity contribution in [2.75, 3.05) is 19.6 Å². The number of hydrogen-bond acceptors (Lipinski definition) is 3. The van der Waals surface area contributed by atoms with Crippen LogP contribution in [-0.2, 0) is 4.79 Å². The number of nitrogens with two attached hydrogens (primary N) is 1. The Morgan fingerprint density at radius 2 is 2.19 bits per heavy atom. The summed E-state index contributed by atoms with van der Waals surface area (Å²) in [6.07, 6.45) is 1.09. The van der Waals surface area contributed by atoms with Crippen molar-refractivity contribution < 1.29 is 4.79 Å². The molecule has 0 radical (unpaired) electrons. The number of benzene rings is 1. The molecule has 1 fully saturated rings. The Hall–Kier alpha value is -1.39. The lowest BCUT2D eigenvalue weighted by atomic mass is 10.0. The van der Waals surface area contributed by atoms with E-state index in [0.29, 0.717) is 25.0 Å². The fourth-order valence-corrected chi connectivity index (χ4v) is 3.23. The van der Waals surface area contributed by atoms with Gasteiger partial charge in [0.1, 0.15) is 0 Å². The molecule has 1 saturated heterocycles. The Bertz CT molecular complexity index is 489. The zero-order valence-corrected chi connectivity index (χ0v) is 13.3. The number of amides is 1. The molecule has 1 aromatic carbocycles. The molecule has 2 rings (SSSR count). The lowest BCUT2D eigenvalue weighted by Crippen LogP contribution is -2.40. The molecular formula is C17H27N3O. The highest BCUT2D eigenvalue weighted by molar-refractivity contribution is 5.78. The van der Waals surface area contributed by atoms with Crippen LogP contribution in [-0.4, -0.2) is 36.5 Å². The van der Waals surface area contributed by atoms with Crippen LogP contribution in [0.5, 0.6) is 0 Å². The number of rotatable bonds is 5. The molecule has 1 amide bonds. The summed E-state index contributed by atoms with van der Waals surface area (Å²) in [5.41, 5.74) is 8.13. The first-order chi connectivity index (χ1) is 10.0. The number of hydrogen-bond donors (Lipinski definition) is 2. The van der Waals surface area contributed by atoms with E-state index in [1.165, 1.54) is 11.1 Å². The summed E-state index contributed by atoms with van der Waals surface area (Å²) in [7, 11) is 0. The van der Waals surface area contributed by atoms with Gasteiger partial charge in [-0.2, -0.15) is 0 Å². The third-order valence-electron chi connectivity index (χ3n) is 4.50. The van der Waals surface area contributed by atoms with Gasteiger partial charge in [0, 0.05) is 12.6 Å². The normalized spacial score (nSPS) is 24.0. The molecule has 1 aromatic rings. The molecule has 21 heavy (non-hydrogen) atoms. The maximum atomic E-state index is 12.3. The smallest absolute Gasteiger partial charge is 0.234 e. The predicted molar refractivity (Wildman–Crippen MR) is 85.9 cm³/mol. The van der Waals surface area contributed by atoms with Crippen LogP contribution in [0.2, 0.25) is 0 Å². The molecule has 3 N–H and O–H groups in total. The van der Waals surface area contributed by atoms with E-state index in [4.69, 9.17) is 5.73 Å². The van der Waals surface area contributed by atoms with E-state index in [2.05, 4.69) is 36.2 Å². The molecule has 0 bridgehead atoms. The van der Waals surface area contributed by atoms with E-state index < -0.39 is 0 Å². The van der Waals surface area contributed by atoms with Crippen LogP contribution in [0.4, 0.5) is 0 Å². The molecule has 0 aliphatic carbocycles. The molecule has 3 atom stereocenters. The predicted octanol–water partition coefficient (Wildman–Crippen LogP) is 1.84. The lowest BCUT2D eigenvalue weighted by molar-refractivity contribution is -0.123. The molecule has 0 saturated carbocycles. The zero-order chi connectivity index (χ0) is 15.4. The molecule has 0 spiro atoms. The monoisotopic (exact) mass is 289 g/mol. The summed E-state index contributed by atoms with van der Waals surface area (Å²) < 4.78 is 0. The van der Waals surface area contributed by atoms with Crippen LogP contribution in [0.25, 0.3) is 0 Å². The van der Waals surface area contributed by atoms with E-state index in [-0.39, 0.29) is 11.9 Å². The van der Waals surface area contributed by atoms with E-state index in [9.17, 15) is 4.79 Å². The van der Waals surface area contributed by atoms with Gasteiger partial charge in [-0.15, -0.1) is 0 Å². The Labute approximate surface area is 127 Å². The Balaban J connectivity index is 1.89. The van der Waals surface area contributed by atoms with Gasteiger partial charge in [-0.05, 0) is 50.8 Å². The SMILES string of the molecule is Cc1ccccc1C(C)NC(=O)CN1CC(CN)CC1C. The van der Waals surface area contributed by atoms with Gasteiger partial charge in [-0.1, -0.05) is 24.3 Å². The van der Waals surface area contributed by atoms with Crippen molar-refractivity contribution in [3.8, 4) is 0 Å². The summed E-state index contributed by atoms with van der Waals surface area (Å²) in [6.45, 7) is 8.40. The van der Waals surface area contributed by atoms with E-state index in [0.717, 1.165) is 13.0 Å². The van der Waals surface area contributed by atoms with Crippen molar-refractivity contribution >= 4 is 5.91 Å². The first-order valence-electron chi connectivity index (χ1n) is 7.80. The van der Waals surface area contributed by atoms with Gasteiger partial charge in [0.15, 0.2) is 0 Å². The largest absolute Gasteiger partial charge is 0.348 e. The van der Waals surface area contributed by atoms with Crippen molar-refractivity contribution in [3.05, 3.63) is 35.4 Å². The summed E-state index contributed by atoms with van der Waals surface area (Å²) in [6, 6.07) is 8.67. The molecule has 1 heterocycles. The van der Waals surface area contributed by atoms with Crippen LogP contribution in [0.3, 0.4) is 0 Å². The highest BCUT2D eigenvalue weighted by Gasteiger charge is 2.29. The number of aryl methyl sites for hydroxylation is 1. The number of nitrogens with zero attached hydrogens (tertiary/aromatic N) is 1. The third kappa shape index (κ3) is 4.05. The average Bonchev–Trinajstić information content (AvgIpc) is 2.79. The molecule has 3 unspecified atom stereocenters. The minimum atomic E-state index is 0.0434. The molecule has 4 nitrogen and oxygen atoms in total. The second kappa shape index (κ2) is 7.05. The quantitative estimate of drug-likeness (QED) is 0.869. The van der Waals surface area contributed by atoms with Gasteiger partial charge in [0.25, 0.3) is 0 Å². The molecular weight excluding hydrogens is 262 g/mol. The molecule has 1 aliphatic heterocycles. The van der Waals surface area contributed by atoms with Crippen LogP contribution in [0, 0.1) is 12.8 Å². The van der Waals surface area contributed by atoms with Crippen molar-refractivity contribution in [1.29, 1.82) is 0 Å². The molecule has 116 valence electrons. The fraction of sp³-hybridized carbons (Fsp3) is 0.588. The summed E-state index contributed by atoms with van der Waals surface area (Å²) in [5.74, 6) is 0.622. The highest BCUT2D eigenvalue weighted by Crippen LogP contribution is 2.22. The van der Waals surface area contributed by atoms with Gasteiger partial charge in [0.2, 0.25) is 5.91 Å². The molecule has 0 aromatic heterocycles. The van der Waals surface area contributed by atoms with Gasteiger partial charge in [-0.3, -0.25) is 9.69 Å². The second-order valence-corrected chi connectivity index (χ2v) is 6.26. The Morgan fingerprint density at radius 1 is 1.48 bits per heavy atom. The lowest BCUT2D eigenvalue weighted by Gasteiger charge is -2.22. The average molecular weight is 289 g/mol. The van der Waals surface area contributed by atoms with E-state index in [1.807, 2.05) is 19.1 Å². The van der Waals surface area contributed by atoms with Gasteiger partial charge in [-0.25, -0.2) is 0 Å². The third-order valence-corrected chi connectivity index (χ3v) is 4.50. The number of likely N-dealkylation sites (tertiary alicyclic amines) is 1. The maximum Gasteiger partial charge on any atom is 0.234 e. The van der Waals surface area contributed by atoms with Gasteiger partial charge >= 0.3 is 0 Å². The van der Waals surface area contributed by atoms with Crippen LogP contribution in [0.1, 0.15) is 37.4 Å². The topological polar surface area (TPSA) is 58.4 Å². The zero-order valence-electron chi connectivity index (χ0n) is 13.3. The number of carbonyl (C=O) groups excluding carboxylic acids is 1. The van der Waals surface area contributed by atoms with Gasteiger partial charge in [0.05, 0.1) is 12.6 Å². The second-order valence-electron chi connectivity index (χ2n) is 6.26. The standard InChI is InChI=1S/C17H27N3O/c1-12-6-4-5-7-16(12)14(3)19-17(21)11-20-10-15(9-18)8-13(20)2/h4-7,13-15H,8-11,18H2,1-3H3,(H,19,21). The van der Waals surface area contributed by atoms with Crippen LogP contribution < -0.4 is 11.1 Å². The summed E-state index contributed by atoms with van der Waals surface area (Å²) in [5, 5.41) is 3.11. The summed E-state index contributed by atoms with van der Waals surface area (Å²) in [4.78, 5) is 14.5. The number of carbonyl (C=O) groups is 1. The Morgan fingerprint density at radius 3 is 2.81 bits per heavy atom. The molecule has 1 aliphatic rings. The van der Waals surface area contributed by atoms with E-state index >= 15 is 0 Å². The van der Waals surface area contributed by atoms with Crippen LogP contribution >= 0.6 is 0 Å². The van der Waals surface area contributed by atoms with Crippen molar-refractivity contribution in [3.63, 3.8) is 0 Å². The first kappa shape index (κ1) is 16.0. The van der Waals surface area contributed by atoms with Crippen molar-refractivity contribution in [2.45, 2.75) is 39.3 Å². The molecule has 4 heteroatoms.